The van der Waals surface area contributed by atoms with Crippen LogP contribution in [0.1, 0.15) is 0 Å². The standard InChI is InChI=1S/C40H24N4O2/c1-3-10-26(11-4-1)37-42-38(27-12-5-2-6-13-27)44-39(43-37)30-14-9-17-35-36(30)31-24-29(22-23-33(31)45-35)25-18-20-28(21-19-25)40-41-32-15-7-8-16-34(32)46-40/h1-24H. The van der Waals surface area contributed by atoms with Crippen molar-refractivity contribution in [3.8, 4) is 56.7 Å². The Morgan fingerprint density at radius 1 is 0.370 bits per heavy atom. The van der Waals surface area contributed by atoms with Crippen molar-refractivity contribution in [1.82, 2.24) is 19.9 Å². The SMILES string of the molecule is c1ccc(-c2nc(-c3ccccc3)nc(-c3cccc4oc5ccc(-c6ccc(-c7nc8ccccc8o7)cc6)cc5c34)n2)cc1. The van der Waals surface area contributed by atoms with Crippen molar-refractivity contribution in [1.29, 1.82) is 0 Å². The molecule has 0 radical (unpaired) electrons. The number of rotatable bonds is 5. The van der Waals surface area contributed by atoms with E-state index in [-0.39, 0.29) is 0 Å². The number of hydrogen-bond donors (Lipinski definition) is 0. The molecule has 9 rings (SSSR count). The molecule has 3 aromatic heterocycles. The second kappa shape index (κ2) is 10.6. The summed E-state index contributed by atoms with van der Waals surface area (Å²) in [7, 11) is 0. The molecule has 216 valence electrons. The number of para-hydroxylation sites is 2. The molecule has 0 aliphatic carbocycles. The predicted molar refractivity (Wildman–Crippen MR) is 182 cm³/mol. The quantitative estimate of drug-likeness (QED) is 0.198. The van der Waals surface area contributed by atoms with Gasteiger partial charge < -0.3 is 8.83 Å². The minimum Gasteiger partial charge on any atom is -0.456 e. The summed E-state index contributed by atoms with van der Waals surface area (Å²) in [6.07, 6.45) is 0. The van der Waals surface area contributed by atoms with E-state index in [9.17, 15) is 0 Å². The van der Waals surface area contributed by atoms with E-state index in [0.717, 1.165) is 66.4 Å². The van der Waals surface area contributed by atoms with Gasteiger partial charge in [0, 0.05) is 33.0 Å². The van der Waals surface area contributed by atoms with Gasteiger partial charge >= 0.3 is 0 Å². The van der Waals surface area contributed by atoms with Crippen molar-refractivity contribution in [2.24, 2.45) is 0 Å². The molecule has 3 heterocycles. The Kier molecular flexibility index (Phi) is 6.03. The fourth-order valence-corrected chi connectivity index (χ4v) is 5.92. The van der Waals surface area contributed by atoms with E-state index >= 15 is 0 Å². The molecule has 0 saturated heterocycles. The van der Waals surface area contributed by atoms with Crippen LogP contribution in [-0.2, 0) is 0 Å². The molecular weight excluding hydrogens is 568 g/mol. The molecule has 6 aromatic carbocycles. The summed E-state index contributed by atoms with van der Waals surface area (Å²) in [6.45, 7) is 0. The van der Waals surface area contributed by atoms with Crippen LogP contribution in [0.4, 0.5) is 0 Å². The third-order valence-corrected chi connectivity index (χ3v) is 8.19. The minimum absolute atomic E-state index is 0.592. The molecule has 0 bridgehead atoms. The van der Waals surface area contributed by atoms with Gasteiger partial charge in [0.1, 0.15) is 16.7 Å². The van der Waals surface area contributed by atoms with Crippen LogP contribution in [0, 0.1) is 0 Å². The Morgan fingerprint density at radius 3 is 1.70 bits per heavy atom. The highest BCUT2D eigenvalue weighted by molar-refractivity contribution is 6.12. The number of furan rings is 1. The molecule has 6 nitrogen and oxygen atoms in total. The van der Waals surface area contributed by atoms with Gasteiger partial charge in [0.05, 0.1) is 0 Å². The smallest absolute Gasteiger partial charge is 0.227 e. The zero-order chi connectivity index (χ0) is 30.5. The van der Waals surface area contributed by atoms with Crippen molar-refractivity contribution in [2.75, 3.05) is 0 Å². The summed E-state index contributed by atoms with van der Waals surface area (Å²) >= 11 is 0. The van der Waals surface area contributed by atoms with Gasteiger partial charge in [-0.25, -0.2) is 19.9 Å². The molecule has 46 heavy (non-hydrogen) atoms. The van der Waals surface area contributed by atoms with E-state index in [0.29, 0.717) is 23.4 Å². The Bertz CT molecular complexity index is 2430. The van der Waals surface area contributed by atoms with Crippen molar-refractivity contribution in [3.63, 3.8) is 0 Å². The van der Waals surface area contributed by atoms with Crippen LogP contribution in [0.3, 0.4) is 0 Å². The van der Waals surface area contributed by atoms with Gasteiger partial charge in [0.25, 0.3) is 0 Å². The van der Waals surface area contributed by atoms with Crippen molar-refractivity contribution in [3.05, 3.63) is 146 Å². The topological polar surface area (TPSA) is 77.8 Å². The maximum atomic E-state index is 6.35. The molecule has 0 amide bonds. The fraction of sp³-hybridized carbons (Fsp3) is 0. The van der Waals surface area contributed by atoms with E-state index in [2.05, 4.69) is 35.3 Å². The maximum Gasteiger partial charge on any atom is 0.227 e. The first-order chi connectivity index (χ1) is 22.8. The van der Waals surface area contributed by atoms with Crippen LogP contribution in [0.5, 0.6) is 0 Å². The summed E-state index contributed by atoms with van der Waals surface area (Å²) in [5.74, 6) is 2.44. The summed E-state index contributed by atoms with van der Waals surface area (Å²) in [4.78, 5) is 19.5. The molecule has 0 aliphatic rings. The van der Waals surface area contributed by atoms with E-state index in [1.54, 1.807) is 0 Å². The van der Waals surface area contributed by atoms with Gasteiger partial charge in [0.15, 0.2) is 23.1 Å². The molecule has 0 atom stereocenters. The highest BCUT2D eigenvalue weighted by Gasteiger charge is 2.18. The lowest BCUT2D eigenvalue weighted by Gasteiger charge is -2.09. The van der Waals surface area contributed by atoms with Gasteiger partial charge in [-0.15, -0.1) is 0 Å². The number of benzene rings is 6. The monoisotopic (exact) mass is 592 g/mol. The van der Waals surface area contributed by atoms with E-state index < -0.39 is 0 Å². The Balaban J connectivity index is 1.17. The number of hydrogen-bond acceptors (Lipinski definition) is 6. The molecule has 0 spiro atoms. The normalized spacial score (nSPS) is 11.5. The second-order valence-corrected chi connectivity index (χ2v) is 11.1. The molecule has 0 saturated carbocycles. The van der Waals surface area contributed by atoms with Crippen LogP contribution in [0.25, 0.3) is 89.8 Å². The molecule has 9 aromatic rings. The summed E-state index contributed by atoms with van der Waals surface area (Å²) < 4.78 is 12.3. The number of nitrogens with zero attached hydrogens (tertiary/aromatic N) is 4. The van der Waals surface area contributed by atoms with E-state index in [4.69, 9.17) is 23.8 Å². The molecule has 0 N–H and O–H groups in total. The van der Waals surface area contributed by atoms with Crippen LogP contribution < -0.4 is 0 Å². The predicted octanol–water partition coefficient (Wildman–Crippen LogP) is 10.2. The Labute approximate surface area is 263 Å². The lowest BCUT2D eigenvalue weighted by atomic mass is 9.99. The van der Waals surface area contributed by atoms with Crippen molar-refractivity contribution < 1.29 is 8.83 Å². The summed E-state index contributed by atoms with van der Waals surface area (Å²) in [5.41, 5.74) is 9.01. The van der Waals surface area contributed by atoms with Crippen LogP contribution in [0.2, 0.25) is 0 Å². The van der Waals surface area contributed by atoms with Gasteiger partial charge in [-0.3, -0.25) is 0 Å². The minimum atomic E-state index is 0.592. The first-order valence-corrected chi connectivity index (χ1v) is 15.1. The van der Waals surface area contributed by atoms with Crippen molar-refractivity contribution in [2.45, 2.75) is 0 Å². The van der Waals surface area contributed by atoms with E-state index in [1.165, 1.54) is 0 Å². The molecular formula is C40H24N4O2. The highest BCUT2D eigenvalue weighted by atomic mass is 16.3. The van der Waals surface area contributed by atoms with Crippen LogP contribution >= 0.6 is 0 Å². The lowest BCUT2D eigenvalue weighted by molar-refractivity contribution is 0.620. The Morgan fingerprint density at radius 2 is 0.978 bits per heavy atom. The average molecular weight is 593 g/mol. The van der Waals surface area contributed by atoms with Gasteiger partial charge in [-0.05, 0) is 53.6 Å². The summed E-state index contributed by atoms with van der Waals surface area (Å²) in [5, 5.41) is 1.96. The van der Waals surface area contributed by atoms with Gasteiger partial charge in [-0.2, -0.15) is 0 Å². The molecule has 0 fully saturated rings. The third kappa shape index (κ3) is 4.52. The highest BCUT2D eigenvalue weighted by Crippen LogP contribution is 2.38. The van der Waals surface area contributed by atoms with Crippen molar-refractivity contribution >= 4 is 33.0 Å². The van der Waals surface area contributed by atoms with Crippen LogP contribution in [0.15, 0.2) is 154 Å². The average Bonchev–Trinajstić information content (AvgIpc) is 3.74. The third-order valence-electron chi connectivity index (χ3n) is 8.19. The zero-order valence-electron chi connectivity index (χ0n) is 24.5. The largest absolute Gasteiger partial charge is 0.456 e. The van der Waals surface area contributed by atoms with Crippen LogP contribution in [-0.4, -0.2) is 19.9 Å². The zero-order valence-corrected chi connectivity index (χ0v) is 24.5. The van der Waals surface area contributed by atoms with E-state index in [1.807, 2.05) is 115 Å². The number of oxazole rings is 1. The maximum absolute atomic E-state index is 6.35. The molecule has 6 heteroatoms. The number of fused-ring (bicyclic) bond motifs is 4. The fourth-order valence-electron chi connectivity index (χ4n) is 5.92. The first kappa shape index (κ1) is 26.0. The second-order valence-electron chi connectivity index (χ2n) is 11.1. The lowest BCUT2D eigenvalue weighted by Crippen LogP contribution is -2.00. The molecule has 0 unspecified atom stereocenters. The molecule has 0 aliphatic heterocycles. The van der Waals surface area contributed by atoms with Gasteiger partial charge in [0.2, 0.25) is 5.89 Å². The Hall–Kier alpha value is -6.40. The number of aromatic nitrogens is 4. The van der Waals surface area contributed by atoms with Gasteiger partial charge in [-0.1, -0.05) is 103 Å². The summed E-state index contributed by atoms with van der Waals surface area (Å²) in [6, 6.07) is 48.4. The first-order valence-electron chi connectivity index (χ1n) is 15.1.